The van der Waals surface area contributed by atoms with Gasteiger partial charge in [0.2, 0.25) is 11.7 Å². The first-order valence-electron chi connectivity index (χ1n) is 13.6. The van der Waals surface area contributed by atoms with Crippen LogP contribution in [-0.4, -0.2) is 130 Å². The molecule has 1 aliphatic carbocycles. The van der Waals surface area contributed by atoms with Gasteiger partial charge in [0.25, 0.3) is 11.6 Å². The number of aliphatic hydroxyl groups is 2. The summed E-state index contributed by atoms with van der Waals surface area (Å²) < 4.78 is 5.79. The van der Waals surface area contributed by atoms with Gasteiger partial charge in [-0.25, -0.2) is 15.1 Å². The monoisotopic (exact) mass is 569 g/mol. The van der Waals surface area contributed by atoms with E-state index in [1.54, 1.807) is 17.0 Å². The van der Waals surface area contributed by atoms with E-state index in [0.29, 0.717) is 18.9 Å². The number of aliphatic imine (C=N–C) groups is 1. The smallest absolute Gasteiger partial charge is 0.343 e. The van der Waals surface area contributed by atoms with Gasteiger partial charge in [0.1, 0.15) is 25.2 Å². The molecule has 1 saturated carbocycles. The number of imide groups is 1. The molecule has 1 spiro atoms. The number of ether oxygens (including phenoxy) is 1. The number of amides is 4. The first kappa shape index (κ1) is 25.6. The summed E-state index contributed by atoms with van der Waals surface area (Å²) >= 11 is 0. The van der Waals surface area contributed by atoms with Crippen LogP contribution in [0.3, 0.4) is 0 Å². The van der Waals surface area contributed by atoms with Crippen molar-refractivity contribution in [3.63, 3.8) is 0 Å². The molecule has 1 aromatic rings. The van der Waals surface area contributed by atoms with Gasteiger partial charge in [-0.1, -0.05) is 6.07 Å². The van der Waals surface area contributed by atoms with Crippen LogP contribution in [0.5, 0.6) is 5.75 Å². The normalized spacial score (nSPS) is 31.6. The number of para-hydroxylation sites is 1. The summed E-state index contributed by atoms with van der Waals surface area (Å²) in [7, 11) is 1.90. The second kappa shape index (κ2) is 8.59. The number of nitrogens with zero attached hydrogens (tertiary/aromatic N) is 5. The number of urea groups is 1. The number of anilines is 1. The first-order valence-corrected chi connectivity index (χ1v) is 13.6. The Kier molecular flexibility index (Phi) is 5.38. The molecule has 1 aromatic carbocycles. The zero-order valence-corrected chi connectivity index (χ0v) is 22.4. The van der Waals surface area contributed by atoms with Crippen LogP contribution in [0.2, 0.25) is 0 Å². The average molecular weight is 570 g/mol. The van der Waals surface area contributed by atoms with Crippen molar-refractivity contribution in [3.05, 3.63) is 23.8 Å². The third-order valence-corrected chi connectivity index (χ3v) is 8.95. The third-order valence-electron chi connectivity index (χ3n) is 8.95. The minimum absolute atomic E-state index is 0.00195. The zero-order chi connectivity index (χ0) is 28.8. The van der Waals surface area contributed by atoms with Crippen LogP contribution < -0.4 is 36.7 Å². The Morgan fingerprint density at radius 1 is 1.29 bits per heavy atom. The summed E-state index contributed by atoms with van der Waals surface area (Å²) in [5.41, 5.74) is 11.7. The maximum atomic E-state index is 13.5. The van der Waals surface area contributed by atoms with Crippen molar-refractivity contribution < 1.29 is 34.3 Å². The molecule has 0 radical (unpaired) electrons. The molecule has 2 saturated heterocycles. The zero-order valence-electron chi connectivity index (χ0n) is 22.4. The highest BCUT2D eigenvalue weighted by Crippen LogP contribution is 2.42. The largest absolute Gasteiger partial charge is 0.489 e. The lowest BCUT2D eigenvalue weighted by atomic mass is 9.84. The Morgan fingerprint density at radius 2 is 2.07 bits per heavy atom. The fraction of sp³-hybridized carbons (Fsp3) is 0.560. The van der Waals surface area contributed by atoms with Crippen molar-refractivity contribution in [1.82, 2.24) is 25.3 Å². The molecule has 16 heteroatoms. The molecule has 41 heavy (non-hydrogen) atoms. The van der Waals surface area contributed by atoms with Gasteiger partial charge in [0.05, 0.1) is 30.9 Å². The number of carbonyl (C=O) groups excluding carboxylic acids is 3. The second-order valence-corrected chi connectivity index (χ2v) is 11.4. The lowest BCUT2D eigenvalue weighted by Crippen LogP contribution is -2.90. The molecule has 5 heterocycles. The van der Waals surface area contributed by atoms with Crippen molar-refractivity contribution >= 4 is 35.5 Å². The number of rotatable bonds is 5. The van der Waals surface area contributed by atoms with Crippen molar-refractivity contribution in [2.45, 2.75) is 48.5 Å². The summed E-state index contributed by atoms with van der Waals surface area (Å²) in [4.78, 5) is 52.9. The van der Waals surface area contributed by atoms with Crippen LogP contribution in [0.1, 0.15) is 23.2 Å². The molecule has 9 N–H and O–H groups in total. The quantitative estimate of drug-likeness (QED) is 0.131. The molecule has 4 amide bonds. The fourth-order valence-electron chi connectivity index (χ4n) is 6.72. The highest BCUT2D eigenvalue weighted by atomic mass is 16.5. The van der Waals surface area contributed by atoms with Crippen LogP contribution in [-0.2, 0) is 4.79 Å². The Labute approximate surface area is 234 Å². The van der Waals surface area contributed by atoms with Crippen molar-refractivity contribution in [2.24, 2.45) is 16.5 Å². The fourth-order valence-corrected chi connectivity index (χ4v) is 6.72. The molecule has 4 atom stereocenters. The number of guanidine groups is 2. The first-order chi connectivity index (χ1) is 19.5. The van der Waals surface area contributed by atoms with Gasteiger partial charge in [-0.05, 0) is 25.0 Å². The Hall–Kier alpha value is -4.31. The summed E-state index contributed by atoms with van der Waals surface area (Å²) in [5, 5.41) is 29.2. The molecule has 218 valence electrons. The highest BCUT2D eigenvalue weighted by molar-refractivity contribution is 6.02. The molecule has 2 unspecified atom stereocenters. The number of hydrogen-bond acceptors (Lipinski definition) is 12. The summed E-state index contributed by atoms with van der Waals surface area (Å²) in [5.74, 6) is -3.17. The molecule has 5 aliphatic heterocycles. The Bertz CT molecular complexity index is 1410. The number of nitrogens with two attached hydrogens (primary N) is 2. The number of fused-ring (bicyclic) bond motifs is 1. The predicted octanol–water partition coefficient (Wildman–Crippen LogP) is -5.20. The second-order valence-electron chi connectivity index (χ2n) is 11.4. The Morgan fingerprint density at radius 3 is 2.83 bits per heavy atom. The molecule has 3 fully saturated rings. The molecule has 16 nitrogen and oxygen atoms in total. The van der Waals surface area contributed by atoms with E-state index in [0.717, 1.165) is 23.4 Å². The maximum Gasteiger partial charge on any atom is 0.343 e. The molecule has 0 bridgehead atoms. The van der Waals surface area contributed by atoms with Gasteiger partial charge in [-0.3, -0.25) is 30.1 Å². The van der Waals surface area contributed by atoms with E-state index in [1.807, 2.05) is 18.0 Å². The standard InChI is InChI=1S/C25H32N10O6/c1-32-7-8-41-18-13(3-2-4-15(18)32)20(37)29-16-10-35-22(27)28-14(19-24(35,25(16,39)40)31-21(26)30-19)9-34-17(36)11-33(23(34)38)12-5-6-12/h2-4,12,14,16,19,39-40H,5-11H2,1H3,(H2,27,28)(H,29,37)(H3,26,30,31)/p+1/t14-,16-,19?,24?/m0/s1. The summed E-state index contributed by atoms with van der Waals surface area (Å²) in [6.45, 7) is 0.806. The van der Waals surface area contributed by atoms with Crippen molar-refractivity contribution in [1.29, 1.82) is 0 Å². The topological polar surface area (TPSA) is 216 Å². The van der Waals surface area contributed by atoms with Crippen molar-refractivity contribution in [3.8, 4) is 5.75 Å². The SMILES string of the molecule is CN1CCOc2c(C(=O)N[C@H]3CN4C(N)=N[C@@H](CN5C(=O)CN(C6CC6)C5=O)C5[NH+]=C(N)NC54C3(O)O)cccc21. The van der Waals surface area contributed by atoms with E-state index in [2.05, 4.69) is 20.6 Å². The molecular weight excluding hydrogens is 536 g/mol. The van der Waals surface area contributed by atoms with E-state index < -0.39 is 41.5 Å². The molecule has 0 aromatic heterocycles. The lowest BCUT2D eigenvalue weighted by molar-refractivity contribution is -0.521. The van der Waals surface area contributed by atoms with Crippen LogP contribution in [0.15, 0.2) is 23.2 Å². The van der Waals surface area contributed by atoms with Crippen LogP contribution in [0.25, 0.3) is 0 Å². The van der Waals surface area contributed by atoms with E-state index in [-0.39, 0.29) is 49.1 Å². The van der Waals surface area contributed by atoms with E-state index in [1.165, 1.54) is 4.90 Å². The summed E-state index contributed by atoms with van der Waals surface area (Å²) in [6.07, 6.45) is 1.72. The van der Waals surface area contributed by atoms with Crippen molar-refractivity contribution in [2.75, 3.05) is 44.7 Å². The Balaban J connectivity index is 1.17. The minimum Gasteiger partial charge on any atom is -0.489 e. The number of nitrogens with one attached hydrogen (secondary N) is 3. The van der Waals surface area contributed by atoms with Gasteiger partial charge >= 0.3 is 12.0 Å². The van der Waals surface area contributed by atoms with Gasteiger partial charge in [0.15, 0.2) is 17.8 Å². The van der Waals surface area contributed by atoms with E-state index in [9.17, 15) is 24.6 Å². The van der Waals surface area contributed by atoms with Crippen LogP contribution in [0.4, 0.5) is 10.5 Å². The predicted molar refractivity (Wildman–Crippen MR) is 142 cm³/mol. The van der Waals surface area contributed by atoms with Crippen LogP contribution >= 0.6 is 0 Å². The number of hydrogen-bond donors (Lipinski definition) is 7. The number of benzene rings is 1. The highest BCUT2D eigenvalue weighted by Gasteiger charge is 2.76. The number of likely N-dealkylation sites (N-methyl/N-ethyl adjacent to an activating group) is 1. The van der Waals surface area contributed by atoms with Gasteiger partial charge in [-0.15, -0.1) is 0 Å². The lowest BCUT2D eigenvalue weighted by Gasteiger charge is -2.46. The van der Waals surface area contributed by atoms with E-state index >= 15 is 0 Å². The maximum absolute atomic E-state index is 13.5. The van der Waals surface area contributed by atoms with E-state index in [4.69, 9.17) is 16.2 Å². The van der Waals surface area contributed by atoms with Gasteiger partial charge in [0, 0.05) is 13.1 Å². The molecule has 6 aliphatic rings. The minimum atomic E-state index is -2.63. The average Bonchev–Trinajstić information content (AvgIpc) is 3.60. The van der Waals surface area contributed by atoms with Crippen LogP contribution in [0, 0.1) is 0 Å². The summed E-state index contributed by atoms with van der Waals surface area (Å²) in [6, 6.07) is 1.80. The molecule has 7 rings (SSSR count). The number of carbonyl (C=O) groups is 3. The van der Waals surface area contributed by atoms with Gasteiger partial charge < -0.3 is 35.8 Å². The molecular formula is C25H33N10O6+. The van der Waals surface area contributed by atoms with Gasteiger partial charge in [-0.2, -0.15) is 0 Å². The third kappa shape index (κ3) is 3.56.